The second-order valence-corrected chi connectivity index (χ2v) is 7.66. The maximum atomic E-state index is 6.19. The number of hydrogen-bond acceptors (Lipinski definition) is 3. The van der Waals surface area contributed by atoms with Gasteiger partial charge in [-0.25, -0.2) is 4.98 Å². The number of rotatable bonds is 8. The van der Waals surface area contributed by atoms with E-state index in [2.05, 4.69) is 54.1 Å². The molecule has 2 aromatic rings. The highest BCUT2D eigenvalue weighted by Crippen LogP contribution is 2.23. The minimum absolute atomic E-state index is 0.715. The summed E-state index contributed by atoms with van der Waals surface area (Å²) in [4.78, 5) is 7.22. The van der Waals surface area contributed by atoms with Crippen molar-refractivity contribution in [3.63, 3.8) is 0 Å². The Morgan fingerprint density at radius 1 is 1.00 bits per heavy atom. The van der Waals surface area contributed by atoms with E-state index in [0.717, 1.165) is 25.1 Å². The van der Waals surface area contributed by atoms with Crippen molar-refractivity contribution in [2.24, 2.45) is 0 Å². The molecule has 0 unspecified atom stereocenters. The highest BCUT2D eigenvalue weighted by Gasteiger charge is 2.15. The number of likely N-dealkylation sites (tertiary alicyclic amines) is 1. The number of aryl methyl sites for hydroxylation is 2. The molecule has 0 radical (unpaired) electrons. The lowest BCUT2D eigenvalue weighted by Gasteiger charge is -2.18. The van der Waals surface area contributed by atoms with Crippen LogP contribution in [-0.4, -0.2) is 23.0 Å². The lowest BCUT2D eigenvalue weighted by molar-refractivity contribution is 0.330. The summed E-state index contributed by atoms with van der Waals surface area (Å²) >= 11 is 0. The van der Waals surface area contributed by atoms with Gasteiger partial charge in [0.05, 0.1) is 0 Å². The number of nitrogens with zero attached hydrogens (tertiary/aromatic N) is 2. The summed E-state index contributed by atoms with van der Waals surface area (Å²) in [5, 5.41) is 0. The van der Waals surface area contributed by atoms with Crippen molar-refractivity contribution in [1.29, 1.82) is 0 Å². The lowest BCUT2D eigenvalue weighted by Crippen LogP contribution is -2.19. The number of pyridine rings is 1. The zero-order valence-corrected chi connectivity index (χ0v) is 16.4. The summed E-state index contributed by atoms with van der Waals surface area (Å²) in [6.45, 7) is 7.86. The standard InChI is InChI=1S/C23H33N3/c1-3-4-5-11-20-16-22(18(2)25-23(20)24)15-19-10-6-7-12-21(19)17-26-13-8-9-14-26/h6-7,10,12,16H,3-5,8-9,11,13-15,17H2,1-2H3,(H2,24,25). The molecule has 1 fully saturated rings. The third-order valence-corrected chi connectivity index (χ3v) is 5.57. The molecule has 2 heterocycles. The van der Waals surface area contributed by atoms with E-state index in [4.69, 9.17) is 5.73 Å². The van der Waals surface area contributed by atoms with Gasteiger partial charge in [0.25, 0.3) is 0 Å². The predicted octanol–water partition coefficient (Wildman–Crippen LogP) is 4.89. The Hall–Kier alpha value is -1.87. The fraction of sp³-hybridized carbons (Fsp3) is 0.522. The Morgan fingerprint density at radius 2 is 1.73 bits per heavy atom. The topological polar surface area (TPSA) is 42.2 Å². The van der Waals surface area contributed by atoms with Crippen LogP contribution in [0.1, 0.15) is 67.0 Å². The molecule has 0 saturated carbocycles. The van der Waals surface area contributed by atoms with Crippen molar-refractivity contribution in [1.82, 2.24) is 9.88 Å². The van der Waals surface area contributed by atoms with Crippen LogP contribution in [-0.2, 0) is 19.4 Å². The number of benzene rings is 1. The average molecular weight is 352 g/mol. The molecule has 3 rings (SSSR count). The molecule has 3 nitrogen and oxygen atoms in total. The molecule has 2 N–H and O–H groups in total. The van der Waals surface area contributed by atoms with Gasteiger partial charge in [0.2, 0.25) is 0 Å². The second-order valence-electron chi connectivity index (χ2n) is 7.66. The van der Waals surface area contributed by atoms with Crippen molar-refractivity contribution in [3.8, 4) is 0 Å². The minimum atomic E-state index is 0.715. The van der Waals surface area contributed by atoms with Crippen molar-refractivity contribution >= 4 is 5.82 Å². The van der Waals surface area contributed by atoms with E-state index < -0.39 is 0 Å². The molecule has 1 aliphatic heterocycles. The minimum Gasteiger partial charge on any atom is -0.383 e. The summed E-state index contributed by atoms with van der Waals surface area (Å²) in [6.07, 6.45) is 8.33. The fourth-order valence-electron chi connectivity index (χ4n) is 3.93. The monoisotopic (exact) mass is 351 g/mol. The maximum absolute atomic E-state index is 6.19. The summed E-state index contributed by atoms with van der Waals surface area (Å²) < 4.78 is 0. The number of hydrogen-bond donors (Lipinski definition) is 1. The number of aromatic nitrogens is 1. The van der Waals surface area contributed by atoms with Gasteiger partial charge >= 0.3 is 0 Å². The SMILES string of the molecule is CCCCCc1cc(Cc2ccccc2CN2CCCC2)c(C)nc1N. The van der Waals surface area contributed by atoms with Crippen LogP contribution in [0.5, 0.6) is 0 Å². The second kappa shape index (κ2) is 9.18. The molecule has 140 valence electrons. The van der Waals surface area contributed by atoms with Crippen LogP contribution in [0.4, 0.5) is 5.82 Å². The Bertz CT molecular complexity index is 717. The van der Waals surface area contributed by atoms with Crippen molar-refractivity contribution in [3.05, 3.63) is 58.3 Å². The molecular weight excluding hydrogens is 318 g/mol. The molecule has 26 heavy (non-hydrogen) atoms. The Kier molecular flexibility index (Phi) is 6.67. The molecule has 1 aliphatic rings. The molecule has 3 heteroatoms. The van der Waals surface area contributed by atoms with Gasteiger partial charge in [-0.3, -0.25) is 4.90 Å². The third kappa shape index (κ3) is 4.85. The highest BCUT2D eigenvalue weighted by molar-refractivity contribution is 5.45. The number of anilines is 1. The first kappa shape index (κ1) is 18.9. The first-order chi connectivity index (χ1) is 12.7. The molecule has 1 aromatic heterocycles. The Morgan fingerprint density at radius 3 is 2.46 bits per heavy atom. The maximum Gasteiger partial charge on any atom is 0.126 e. The molecule has 0 atom stereocenters. The van der Waals surface area contributed by atoms with Gasteiger partial charge in [-0.2, -0.15) is 0 Å². The highest BCUT2D eigenvalue weighted by atomic mass is 15.1. The van der Waals surface area contributed by atoms with Crippen LogP contribution in [0.2, 0.25) is 0 Å². The zero-order chi connectivity index (χ0) is 18.4. The molecule has 0 amide bonds. The van der Waals surface area contributed by atoms with Gasteiger partial charge in [-0.1, -0.05) is 50.1 Å². The number of nitrogen functional groups attached to an aromatic ring is 1. The Balaban J connectivity index is 1.78. The molecule has 0 bridgehead atoms. The Labute approximate surface area is 158 Å². The van der Waals surface area contributed by atoms with Crippen LogP contribution < -0.4 is 5.73 Å². The van der Waals surface area contributed by atoms with Crippen LogP contribution in [0, 0.1) is 6.92 Å². The van der Waals surface area contributed by atoms with Crippen molar-refractivity contribution in [2.45, 2.75) is 65.3 Å². The first-order valence-electron chi connectivity index (χ1n) is 10.2. The van der Waals surface area contributed by atoms with Crippen LogP contribution >= 0.6 is 0 Å². The van der Waals surface area contributed by atoms with E-state index in [1.807, 2.05) is 0 Å². The van der Waals surface area contributed by atoms with E-state index in [9.17, 15) is 0 Å². The van der Waals surface area contributed by atoms with Gasteiger partial charge < -0.3 is 5.73 Å². The van der Waals surface area contributed by atoms with Gasteiger partial charge in [0.15, 0.2) is 0 Å². The smallest absolute Gasteiger partial charge is 0.126 e. The summed E-state index contributed by atoms with van der Waals surface area (Å²) in [7, 11) is 0. The molecular formula is C23H33N3. The van der Waals surface area contributed by atoms with Crippen LogP contribution in [0.15, 0.2) is 30.3 Å². The average Bonchev–Trinajstić information content (AvgIpc) is 3.13. The van der Waals surface area contributed by atoms with E-state index >= 15 is 0 Å². The quantitative estimate of drug-likeness (QED) is 0.688. The fourth-order valence-corrected chi connectivity index (χ4v) is 3.93. The van der Waals surface area contributed by atoms with E-state index in [-0.39, 0.29) is 0 Å². The van der Waals surface area contributed by atoms with Gasteiger partial charge in [0, 0.05) is 12.2 Å². The summed E-state index contributed by atoms with van der Waals surface area (Å²) in [5.41, 5.74) is 12.7. The van der Waals surface area contributed by atoms with E-state index in [1.165, 1.54) is 67.4 Å². The largest absolute Gasteiger partial charge is 0.383 e. The predicted molar refractivity (Wildman–Crippen MR) is 110 cm³/mol. The normalized spacial score (nSPS) is 14.8. The number of nitrogens with two attached hydrogens (primary N) is 1. The molecule has 0 spiro atoms. The molecule has 0 aliphatic carbocycles. The lowest BCUT2D eigenvalue weighted by atomic mass is 9.96. The van der Waals surface area contributed by atoms with Gasteiger partial charge in [-0.05, 0) is 74.4 Å². The van der Waals surface area contributed by atoms with Crippen LogP contribution in [0.25, 0.3) is 0 Å². The summed E-state index contributed by atoms with van der Waals surface area (Å²) in [6, 6.07) is 11.2. The third-order valence-electron chi connectivity index (χ3n) is 5.57. The molecule has 1 aromatic carbocycles. The van der Waals surface area contributed by atoms with Crippen molar-refractivity contribution in [2.75, 3.05) is 18.8 Å². The first-order valence-corrected chi connectivity index (χ1v) is 10.2. The van der Waals surface area contributed by atoms with E-state index in [1.54, 1.807) is 0 Å². The zero-order valence-electron chi connectivity index (χ0n) is 16.4. The van der Waals surface area contributed by atoms with Gasteiger partial charge in [-0.15, -0.1) is 0 Å². The summed E-state index contributed by atoms with van der Waals surface area (Å²) in [5.74, 6) is 0.715. The van der Waals surface area contributed by atoms with Crippen LogP contribution in [0.3, 0.4) is 0 Å². The van der Waals surface area contributed by atoms with Crippen molar-refractivity contribution < 1.29 is 0 Å². The number of unbranched alkanes of at least 4 members (excludes halogenated alkanes) is 2. The van der Waals surface area contributed by atoms with E-state index in [0.29, 0.717) is 5.82 Å². The molecule has 1 saturated heterocycles. The van der Waals surface area contributed by atoms with Gasteiger partial charge in [0.1, 0.15) is 5.82 Å².